The first-order valence-electron chi connectivity index (χ1n) is 8.85. The number of amides is 4. The van der Waals surface area contributed by atoms with E-state index in [1.54, 1.807) is 0 Å². The maximum atomic E-state index is 11.6. The van der Waals surface area contributed by atoms with Gasteiger partial charge in [0.05, 0.1) is 10.5 Å². The monoisotopic (exact) mass is 428 g/mol. The summed E-state index contributed by atoms with van der Waals surface area (Å²) in [5, 5.41) is 3.18. The first-order valence-corrected chi connectivity index (χ1v) is 10.6. The topological polar surface area (TPSA) is 102 Å². The Morgan fingerprint density at radius 1 is 0.655 bits per heavy atom. The summed E-state index contributed by atoms with van der Waals surface area (Å²) in [6.07, 6.45) is 0.957. The van der Waals surface area contributed by atoms with E-state index in [1.165, 1.54) is 0 Å². The lowest BCUT2D eigenvalue weighted by Crippen LogP contribution is -2.25. The average Bonchev–Trinajstić information content (AvgIpc) is 3.18. The molecule has 0 saturated carbocycles. The Hall–Kier alpha value is -2.78. The van der Waals surface area contributed by atoms with Crippen molar-refractivity contribution in [2.45, 2.75) is 23.3 Å². The summed E-state index contributed by atoms with van der Waals surface area (Å²) in [5.74, 6) is 0.798. The van der Waals surface area contributed by atoms with Crippen LogP contribution in [0.25, 0.3) is 0 Å². The second kappa shape index (κ2) is 8.30. The molecule has 2 atom stereocenters. The van der Waals surface area contributed by atoms with Crippen LogP contribution in [-0.4, -0.2) is 32.8 Å². The second-order valence-corrected chi connectivity index (χ2v) is 8.92. The fraction of sp³-hybridized carbons (Fsp3) is 0.200. The zero-order chi connectivity index (χ0) is 20.4. The lowest BCUT2D eigenvalue weighted by Gasteiger charge is -2.10. The molecule has 4 rings (SSSR count). The highest BCUT2D eigenvalue weighted by molar-refractivity contribution is 8.15. The van der Waals surface area contributed by atoms with Crippen molar-refractivity contribution in [2.75, 3.05) is 0 Å². The number of thioether (sulfide) groups is 2. The predicted molar refractivity (Wildman–Crippen MR) is 110 cm³/mol. The van der Waals surface area contributed by atoms with Crippen molar-refractivity contribution in [2.24, 2.45) is 0 Å². The minimum Gasteiger partial charge on any atom is -0.457 e. The molecule has 0 unspecified atom stereocenters. The van der Waals surface area contributed by atoms with E-state index in [0.717, 1.165) is 34.7 Å². The van der Waals surface area contributed by atoms with E-state index in [9.17, 15) is 19.2 Å². The number of carbonyl (C=O) groups excluding carboxylic acids is 4. The van der Waals surface area contributed by atoms with Gasteiger partial charge in [0.1, 0.15) is 11.5 Å². The Kier molecular flexibility index (Phi) is 5.59. The zero-order valence-corrected chi connectivity index (χ0v) is 16.7. The fourth-order valence-electron chi connectivity index (χ4n) is 3.01. The smallest absolute Gasteiger partial charge is 0.286 e. The summed E-state index contributed by atoms with van der Waals surface area (Å²) >= 11 is 2.02. The van der Waals surface area contributed by atoms with Gasteiger partial charge in [0.15, 0.2) is 0 Å². The number of imide groups is 2. The molecule has 148 valence electrons. The van der Waals surface area contributed by atoms with Crippen LogP contribution in [0.4, 0.5) is 9.59 Å². The molecule has 0 aliphatic carbocycles. The van der Waals surface area contributed by atoms with Crippen LogP contribution in [0.1, 0.15) is 11.1 Å². The number of hydrogen-bond donors (Lipinski definition) is 2. The number of carbonyl (C=O) groups is 4. The second-order valence-electron chi connectivity index (χ2n) is 6.56. The first kappa shape index (κ1) is 19.5. The van der Waals surface area contributed by atoms with Crippen molar-refractivity contribution in [3.63, 3.8) is 0 Å². The molecule has 4 amide bonds. The molecule has 7 nitrogen and oxygen atoms in total. The Morgan fingerprint density at radius 3 is 1.34 bits per heavy atom. The van der Waals surface area contributed by atoms with Crippen molar-refractivity contribution < 1.29 is 23.9 Å². The molecular formula is C20H16N2O5S2. The van der Waals surface area contributed by atoms with Crippen LogP contribution < -0.4 is 15.4 Å². The van der Waals surface area contributed by atoms with E-state index in [1.807, 2.05) is 48.5 Å². The number of rotatable bonds is 6. The van der Waals surface area contributed by atoms with Crippen LogP contribution in [0.3, 0.4) is 0 Å². The number of nitrogens with one attached hydrogen (secondary N) is 2. The Balaban J connectivity index is 1.33. The minimum absolute atomic E-state index is 0.252. The Bertz CT molecular complexity index is 896. The van der Waals surface area contributed by atoms with Crippen LogP contribution >= 0.6 is 23.5 Å². The fourth-order valence-corrected chi connectivity index (χ4v) is 4.73. The van der Waals surface area contributed by atoms with Gasteiger partial charge < -0.3 is 4.74 Å². The van der Waals surface area contributed by atoms with E-state index in [0.29, 0.717) is 24.3 Å². The molecule has 2 aliphatic heterocycles. The first-order chi connectivity index (χ1) is 14.0. The molecule has 2 heterocycles. The third-order valence-corrected chi connectivity index (χ3v) is 6.42. The molecule has 0 radical (unpaired) electrons. The Labute approximate surface area is 175 Å². The van der Waals surface area contributed by atoms with Crippen molar-refractivity contribution in [1.82, 2.24) is 10.6 Å². The Morgan fingerprint density at radius 2 is 1.03 bits per heavy atom. The third kappa shape index (κ3) is 4.80. The zero-order valence-electron chi connectivity index (χ0n) is 15.0. The molecule has 29 heavy (non-hydrogen) atoms. The van der Waals surface area contributed by atoms with Crippen LogP contribution in [0.2, 0.25) is 0 Å². The molecule has 2 aromatic carbocycles. The number of ether oxygens (including phenoxy) is 1. The highest BCUT2D eigenvalue weighted by Crippen LogP contribution is 2.27. The molecule has 2 aromatic rings. The van der Waals surface area contributed by atoms with Gasteiger partial charge >= 0.3 is 0 Å². The molecule has 2 saturated heterocycles. The highest BCUT2D eigenvalue weighted by atomic mass is 32.2. The van der Waals surface area contributed by atoms with Crippen molar-refractivity contribution in [1.29, 1.82) is 0 Å². The van der Waals surface area contributed by atoms with Crippen LogP contribution in [0.5, 0.6) is 11.5 Å². The molecule has 0 aromatic heterocycles. The summed E-state index contributed by atoms with van der Waals surface area (Å²) in [6.45, 7) is 0. The molecule has 2 fully saturated rings. The summed E-state index contributed by atoms with van der Waals surface area (Å²) in [5.41, 5.74) is 1.88. The molecule has 2 N–H and O–H groups in total. The third-order valence-electron chi connectivity index (χ3n) is 4.46. The van der Waals surface area contributed by atoms with E-state index < -0.39 is 10.5 Å². The summed E-state index contributed by atoms with van der Waals surface area (Å²) in [7, 11) is 0. The van der Waals surface area contributed by atoms with Crippen molar-refractivity contribution >= 4 is 45.8 Å². The molecule has 9 heteroatoms. The van der Waals surface area contributed by atoms with Gasteiger partial charge in [-0.1, -0.05) is 47.8 Å². The van der Waals surface area contributed by atoms with Crippen LogP contribution in [-0.2, 0) is 22.4 Å². The maximum Gasteiger partial charge on any atom is 0.286 e. The average molecular weight is 428 g/mol. The van der Waals surface area contributed by atoms with Crippen molar-refractivity contribution in [3.8, 4) is 11.5 Å². The maximum absolute atomic E-state index is 11.6. The van der Waals surface area contributed by atoms with Gasteiger partial charge in [-0.15, -0.1) is 0 Å². The highest BCUT2D eigenvalue weighted by Gasteiger charge is 2.32. The lowest BCUT2D eigenvalue weighted by atomic mass is 10.1. The van der Waals surface area contributed by atoms with Crippen molar-refractivity contribution in [3.05, 3.63) is 59.7 Å². The van der Waals surface area contributed by atoms with Gasteiger partial charge in [-0.3, -0.25) is 29.8 Å². The predicted octanol–water partition coefficient (Wildman–Crippen LogP) is 3.27. The number of benzene rings is 2. The summed E-state index contributed by atoms with van der Waals surface area (Å²) < 4.78 is 5.83. The van der Waals surface area contributed by atoms with Gasteiger partial charge in [0.25, 0.3) is 10.5 Å². The van der Waals surface area contributed by atoms with Crippen LogP contribution in [0, 0.1) is 0 Å². The van der Waals surface area contributed by atoms with E-state index in [-0.39, 0.29) is 22.3 Å². The number of hydrogen-bond acceptors (Lipinski definition) is 7. The quantitative estimate of drug-likeness (QED) is 0.728. The van der Waals surface area contributed by atoms with Gasteiger partial charge in [-0.25, -0.2) is 0 Å². The minimum atomic E-state index is -0.391. The molecule has 2 aliphatic rings. The van der Waals surface area contributed by atoms with E-state index in [4.69, 9.17) is 4.74 Å². The SMILES string of the molecule is O=C1NC(=O)[C@H](Cc2ccc(Oc3ccc(C[C@@H]4SC(=O)NC4=O)cc3)cc2)S1. The summed E-state index contributed by atoms with van der Waals surface area (Å²) in [6, 6.07) is 14.7. The molecule has 0 bridgehead atoms. The normalized spacial score (nSPS) is 21.2. The van der Waals surface area contributed by atoms with E-state index in [2.05, 4.69) is 10.6 Å². The standard InChI is InChI=1S/C20H16N2O5S2/c23-17-15(28-19(25)21-17)9-11-1-5-13(6-2-11)27-14-7-3-12(4-8-14)10-16-18(24)22-20(26)29-16/h1-8,15-16H,9-10H2,(H,21,23,25)(H,22,24,26)/t15-,16-/m0/s1. The summed E-state index contributed by atoms with van der Waals surface area (Å²) in [4.78, 5) is 45.8. The van der Waals surface area contributed by atoms with Gasteiger partial charge in [-0.2, -0.15) is 0 Å². The van der Waals surface area contributed by atoms with Gasteiger partial charge in [-0.05, 0) is 48.2 Å². The molecular weight excluding hydrogens is 412 g/mol. The molecule has 0 spiro atoms. The van der Waals surface area contributed by atoms with Gasteiger partial charge in [0.2, 0.25) is 11.8 Å². The van der Waals surface area contributed by atoms with Gasteiger partial charge in [0, 0.05) is 0 Å². The lowest BCUT2D eigenvalue weighted by molar-refractivity contribution is -0.119. The van der Waals surface area contributed by atoms with Crippen LogP contribution in [0.15, 0.2) is 48.5 Å². The van der Waals surface area contributed by atoms with E-state index >= 15 is 0 Å². The largest absolute Gasteiger partial charge is 0.457 e.